The summed E-state index contributed by atoms with van der Waals surface area (Å²) >= 11 is 0. The molecule has 3 rings (SSSR count). The van der Waals surface area contributed by atoms with Crippen LogP contribution in [-0.2, 0) is 21.1 Å². The molecule has 0 aromatic carbocycles. The maximum Gasteiger partial charge on any atom is 0.223 e. The van der Waals surface area contributed by atoms with Gasteiger partial charge in [-0.3, -0.25) is 14.8 Å². The lowest BCUT2D eigenvalue weighted by molar-refractivity contribution is -0.137. The van der Waals surface area contributed by atoms with Crippen molar-refractivity contribution < 1.29 is 13.2 Å². The average molecular weight is 369 g/mol. The quantitative estimate of drug-likeness (QED) is 0.785. The first kappa shape index (κ1) is 18.3. The number of nitrogens with one attached hydrogen (secondary N) is 1. The molecule has 2 atom stereocenters. The molecule has 1 amide bonds. The molecule has 1 aromatic heterocycles. The highest BCUT2D eigenvalue weighted by atomic mass is 32.2. The van der Waals surface area contributed by atoms with Gasteiger partial charge in [-0.2, -0.15) is 5.10 Å². The van der Waals surface area contributed by atoms with Gasteiger partial charge >= 0.3 is 0 Å². The van der Waals surface area contributed by atoms with Crippen LogP contribution in [0.15, 0.2) is 0 Å². The van der Waals surface area contributed by atoms with Crippen LogP contribution in [0.2, 0.25) is 0 Å². The van der Waals surface area contributed by atoms with Crippen LogP contribution < -0.4 is 0 Å². The second kappa shape index (κ2) is 7.03. The Balaban J connectivity index is 1.68. The Morgan fingerprint density at radius 3 is 2.64 bits per heavy atom. The molecule has 0 saturated carbocycles. The van der Waals surface area contributed by atoms with Crippen LogP contribution in [0.3, 0.4) is 0 Å². The van der Waals surface area contributed by atoms with Gasteiger partial charge in [-0.15, -0.1) is 0 Å². The van der Waals surface area contributed by atoms with Gasteiger partial charge in [0.15, 0.2) is 15.7 Å². The molecule has 2 saturated heterocycles. The van der Waals surface area contributed by atoms with Crippen molar-refractivity contribution in [3.05, 3.63) is 11.6 Å². The summed E-state index contributed by atoms with van der Waals surface area (Å²) in [4.78, 5) is 21.0. The predicted molar refractivity (Wildman–Crippen MR) is 93.8 cm³/mol. The SMILES string of the molecule is Cc1nc(CCC(=O)N2CCN(CC(C)C)[C@@H]3CS(=O)(=O)C[C@@H]32)n[nH]1. The number of aryl methyl sites for hydroxylation is 2. The Hall–Kier alpha value is -1.48. The van der Waals surface area contributed by atoms with Gasteiger partial charge in [0.1, 0.15) is 5.82 Å². The Morgan fingerprint density at radius 2 is 2.00 bits per heavy atom. The summed E-state index contributed by atoms with van der Waals surface area (Å²) in [5.74, 6) is 2.07. The summed E-state index contributed by atoms with van der Waals surface area (Å²) in [7, 11) is -3.09. The Labute approximate surface area is 148 Å². The number of H-pyrrole nitrogens is 1. The number of sulfone groups is 1. The Bertz CT molecular complexity index is 730. The number of aromatic nitrogens is 3. The van der Waals surface area contributed by atoms with Crippen molar-refractivity contribution >= 4 is 15.7 Å². The monoisotopic (exact) mass is 369 g/mol. The van der Waals surface area contributed by atoms with Gasteiger partial charge in [-0.25, -0.2) is 13.4 Å². The third-order valence-electron chi connectivity index (χ3n) is 4.92. The van der Waals surface area contributed by atoms with Gasteiger partial charge in [0.25, 0.3) is 0 Å². The Morgan fingerprint density at radius 1 is 1.28 bits per heavy atom. The van der Waals surface area contributed by atoms with Crippen LogP contribution in [0.1, 0.15) is 31.9 Å². The summed E-state index contributed by atoms with van der Waals surface area (Å²) in [6.45, 7) is 8.29. The number of fused-ring (bicyclic) bond motifs is 1. The van der Waals surface area contributed by atoms with Crippen molar-refractivity contribution in [2.45, 2.75) is 45.7 Å². The standard InChI is InChI=1S/C16H27N5O3S/c1-11(2)8-20-6-7-21(14-10-25(23,24)9-13(14)20)16(22)5-4-15-17-12(3)18-19-15/h11,13-14H,4-10H2,1-3H3,(H,17,18,19)/t13-,14+/m1/s1. The first-order valence-electron chi connectivity index (χ1n) is 8.87. The molecular formula is C16H27N5O3S. The maximum atomic E-state index is 12.7. The number of piperazine rings is 1. The van der Waals surface area contributed by atoms with E-state index in [9.17, 15) is 13.2 Å². The van der Waals surface area contributed by atoms with E-state index in [1.807, 2.05) is 6.92 Å². The smallest absolute Gasteiger partial charge is 0.223 e. The van der Waals surface area contributed by atoms with Crippen molar-refractivity contribution in [1.29, 1.82) is 0 Å². The lowest BCUT2D eigenvalue weighted by Gasteiger charge is -2.44. The molecule has 0 aliphatic carbocycles. The van der Waals surface area contributed by atoms with E-state index in [-0.39, 0.29) is 29.5 Å². The van der Waals surface area contributed by atoms with Gasteiger partial charge < -0.3 is 4.90 Å². The van der Waals surface area contributed by atoms with E-state index in [1.54, 1.807) is 4.90 Å². The maximum absolute atomic E-state index is 12.7. The Kier molecular flexibility index (Phi) is 5.15. The number of nitrogens with zero attached hydrogens (tertiary/aromatic N) is 4. The van der Waals surface area contributed by atoms with Crippen molar-refractivity contribution in [2.24, 2.45) is 5.92 Å². The summed E-state index contributed by atoms with van der Waals surface area (Å²) < 4.78 is 24.4. The average Bonchev–Trinajstić information content (AvgIpc) is 3.06. The summed E-state index contributed by atoms with van der Waals surface area (Å²) in [5.41, 5.74) is 0. The zero-order valence-corrected chi connectivity index (χ0v) is 15.9. The zero-order chi connectivity index (χ0) is 18.2. The molecular weight excluding hydrogens is 342 g/mol. The summed E-state index contributed by atoms with van der Waals surface area (Å²) in [6.07, 6.45) is 0.782. The number of carbonyl (C=O) groups is 1. The molecule has 0 bridgehead atoms. The molecule has 0 radical (unpaired) electrons. The highest BCUT2D eigenvalue weighted by Crippen LogP contribution is 2.28. The first-order chi connectivity index (χ1) is 11.7. The van der Waals surface area contributed by atoms with E-state index in [1.165, 1.54) is 0 Å². The van der Waals surface area contributed by atoms with Crippen molar-refractivity contribution in [3.8, 4) is 0 Å². The first-order valence-corrected chi connectivity index (χ1v) is 10.7. The van der Waals surface area contributed by atoms with Crippen LogP contribution in [-0.4, -0.2) is 82.5 Å². The zero-order valence-electron chi connectivity index (χ0n) is 15.1. The minimum atomic E-state index is -3.09. The second-order valence-electron chi connectivity index (χ2n) is 7.52. The predicted octanol–water partition coefficient (Wildman–Crippen LogP) is 0.0115. The van der Waals surface area contributed by atoms with Gasteiger partial charge in [-0.05, 0) is 12.8 Å². The van der Waals surface area contributed by atoms with Crippen LogP contribution in [0.4, 0.5) is 0 Å². The van der Waals surface area contributed by atoms with Gasteiger partial charge in [-0.1, -0.05) is 13.8 Å². The van der Waals surface area contributed by atoms with Crippen LogP contribution in [0.25, 0.3) is 0 Å². The molecule has 2 fully saturated rings. The number of hydrogen-bond acceptors (Lipinski definition) is 6. The normalized spacial score (nSPS) is 26.2. The highest BCUT2D eigenvalue weighted by molar-refractivity contribution is 7.91. The molecule has 8 nitrogen and oxygen atoms in total. The third-order valence-corrected chi connectivity index (χ3v) is 6.62. The van der Waals surface area contributed by atoms with Gasteiger partial charge in [0.2, 0.25) is 5.91 Å². The molecule has 2 aliphatic rings. The highest BCUT2D eigenvalue weighted by Gasteiger charge is 2.47. The molecule has 3 heterocycles. The molecule has 1 N–H and O–H groups in total. The van der Waals surface area contributed by atoms with E-state index >= 15 is 0 Å². The number of rotatable bonds is 5. The molecule has 0 unspecified atom stereocenters. The number of hydrogen-bond donors (Lipinski definition) is 1. The van der Waals surface area contributed by atoms with Crippen LogP contribution in [0.5, 0.6) is 0 Å². The molecule has 2 aliphatic heterocycles. The molecule has 25 heavy (non-hydrogen) atoms. The van der Waals surface area contributed by atoms with E-state index in [0.717, 1.165) is 18.9 Å². The molecule has 0 spiro atoms. The molecule has 1 aromatic rings. The lowest BCUT2D eigenvalue weighted by Crippen LogP contribution is -2.61. The van der Waals surface area contributed by atoms with Gasteiger partial charge in [0, 0.05) is 38.5 Å². The molecule has 9 heteroatoms. The van der Waals surface area contributed by atoms with E-state index in [4.69, 9.17) is 0 Å². The van der Waals surface area contributed by atoms with Crippen molar-refractivity contribution in [3.63, 3.8) is 0 Å². The molecule has 140 valence electrons. The summed E-state index contributed by atoms with van der Waals surface area (Å²) in [5, 5.41) is 6.83. The third kappa shape index (κ3) is 4.20. The summed E-state index contributed by atoms with van der Waals surface area (Å²) in [6, 6.07) is -0.297. The second-order valence-corrected chi connectivity index (χ2v) is 9.68. The largest absolute Gasteiger partial charge is 0.336 e. The minimum Gasteiger partial charge on any atom is -0.336 e. The van der Waals surface area contributed by atoms with Crippen molar-refractivity contribution in [2.75, 3.05) is 31.1 Å². The number of carbonyl (C=O) groups excluding carboxylic acids is 1. The van der Waals surface area contributed by atoms with E-state index in [2.05, 4.69) is 33.9 Å². The number of aromatic amines is 1. The van der Waals surface area contributed by atoms with Crippen LogP contribution >= 0.6 is 0 Å². The van der Waals surface area contributed by atoms with Crippen LogP contribution in [0, 0.1) is 12.8 Å². The van der Waals surface area contributed by atoms with E-state index in [0.29, 0.717) is 31.1 Å². The fourth-order valence-corrected chi connectivity index (χ4v) is 5.91. The van der Waals surface area contributed by atoms with E-state index < -0.39 is 9.84 Å². The lowest BCUT2D eigenvalue weighted by atomic mass is 10.0. The fraction of sp³-hybridized carbons (Fsp3) is 0.812. The fourth-order valence-electron chi connectivity index (χ4n) is 3.89. The number of amides is 1. The minimum absolute atomic E-state index is 0.00116. The van der Waals surface area contributed by atoms with Gasteiger partial charge in [0.05, 0.1) is 17.5 Å². The topological polar surface area (TPSA) is 99.3 Å². The van der Waals surface area contributed by atoms with Crippen molar-refractivity contribution in [1.82, 2.24) is 25.0 Å².